The smallest absolute Gasteiger partial charge is 0.127 e. The summed E-state index contributed by atoms with van der Waals surface area (Å²) in [5.74, 6) is 1.68. The summed E-state index contributed by atoms with van der Waals surface area (Å²) < 4.78 is 7.27. The number of phenols is 2. The maximum atomic E-state index is 11.2. The van der Waals surface area contributed by atoms with Crippen LogP contribution < -0.4 is 0 Å². The molecule has 0 saturated carbocycles. The Kier molecular flexibility index (Phi) is 15.8. The zero-order valence-corrected chi connectivity index (χ0v) is 36.0. The fourth-order valence-electron chi connectivity index (χ4n) is 5.88. The van der Waals surface area contributed by atoms with Crippen molar-refractivity contribution in [1.82, 2.24) is 0 Å². The topological polar surface area (TPSA) is 52.8 Å². The minimum Gasteiger partial charge on any atom is -0.507 e. The number of hydrogen-bond donors (Lipinski definition) is 2. The van der Waals surface area contributed by atoms with Crippen molar-refractivity contribution >= 4 is 10.1 Å². The number of rotatable bonds is 5. The van der Waals surface area contributed by atoms with Gasteiger partial charge in [0.2, 0.25) is 0 Å². The van der Waals surface area contributed by atoms with Gasteiger partial charge in [0.1, 0.15) is 11.5 Å². The van der Waals surface area contributed by atoms with Crippen molar-refractivity contribution in [3.63, 3.8) is 0 Å². The molecule has 0 unspecified atom stereocenters. The largest absolute Gasteiger partial charge is 0.507 e. The predicted octanol–water partition coefficient (Wildman–Crippen LogP) is 13.6. The van der Waals surface area contributed by atoms with Crippen LogP contribution in [0.1, 0.15) is 144 Å². The number of aromatic hydroxyl groups is 2. The van der Waals surface area contributed by atoms with E-state index < -0.39 is 0 Å². The minimum absolute atomic E-state index is 0.183. The first-order valence-electron chi connectivity index (χ1n) is 18.2. The molecule has 0 heterocycles. The van der Waals surface area contributed by atoms with Gasteiger partial charge in [-0.05, 0) is 67.7 Å². The van der Waals surface area contributed by atoms with Crippen molar-refractivity contribution in [2.24, 2.45) is 3.50 Å². The average Bonchev–Trinajstić information content (AvgIpc) is 3.02. The SMILES string of the molecule is CC[CH]=[Mo]=[N]c1c(C(C)C)cccc1C(C)C.Cc1cc(C(C)(C)C)c(O)c(-c2c(C)c(C)cc(C(C)(C)C)c2O)c1C.Cc1ccccc1. The molecule has 4 rings (SSSR count). The molecule has 0 saturated heterocycles. The monoisotopic (exact) mass is 761 g/mol. The standard InChI is InChI=1S/C24H34O2.C12H17N.C7H8.C3H6.Mo/c1-13-11-17(23(5,6)7)21(25)19(15(13)3)20-16(4)14(2)12-18(22(20)26)24(8,9)10;1-8(2)10-6-5-7-11(9(3)4)12(10)13;1-7-5-3-2-4-6-7;1-3-2;/h11-12,25-26H,1-10H3;5-9H,1-4H3;2-6H,1H3;1H,3H2,2H3;. The van der Waals surface area contributed by atoms with Gasteiger partial charge in [0.15, 0.2) is 0 Å². The van der Waals surface area contributed by atoms with Crippen LogP contribution >= 0.6 is 0 Å². The van der Waals surface area contributed by atoms with Crippen LogP contribution in [0, 0.1) is 34.6 Å². The summed E-state index contributed by atoms with van der Waals surface area (Å²) in [6.07, 6.45) is 1.15. The van der Waals surface area contributed by atoms with Crippen molar-refractivity contribution in [1.29, 1.82) is 0 Å². The molecule has 0 fully saturated rings. The van der Waals surface area contributed by atoms with Crippen LogP contribution in [0.4, 0.5) is 5.69 Å². The van der Waals surface area contributed by atoms with E-state index in [-0.39, 0.29) is 40.2 Å². The summed E-state index contributed by atoms with van der Waals surface area (Å²) in [4.78, 5) is 0. The van der Waals surface area contributed by atoms with Crippen LogP contribution in [0.3, 0.4) is 0 Å². The van der Waals surface area contributed by atoms with Gasteiger partial charge in [0.05, 0.1) is 0 Å². The summed E-state index contributed by atoms with van der Waals surface area (Å²) >= 11 is -0.315. The van der Waals surface area contributed by atoms with Gasteiger partial charge in [0, 0.05) is 22.3 Å². The average molecular weight is 760 g/mol. The number of hydrogen-bond acceptors (Lipinski definition) is 3. The van der Waals surface area contributed by atoms with Gasteiger partial charge in [-0.25, -0.2) is 0 Å². The Morgan fingerprint density at radius 3 is 1.34 bits per heavy atom. The Morgan fingerprint density at radius 1 is 0.640 bits per heavy atom. The van der Waals surface area contributed by atoms with Gasteiger partial charge >= 0.3 is 114 Å². The molecule has 2 N–H and O–H groups in total. The molecular formula is C46H65MoNO2. The fraction of sp³-hybridized carbons (Fsp3) is 0.457. The number of aryl methyl sites for hydroxylation is 3. The Morgan fingerprint density at radius 2 is 1.04 bits per heavy atom. The van der Waals surface area contributed by atoms with Crippen molar-refractivity contribution in [3.05, 3.63) is 111 Å². The molecule has 0 spiro atoms. The van der Waals surface area contributed by atoms with E-state index in [2.05, 4.69) is 144 Å². The van der Waals surface area contributed by atoms with Gasteiger partial charge in [-0.2, -0.15) is 0 Å². The second-order valence-electron chi connectivity index (χ2n) is 16.2. The third-order valence-electron chi connectivity index (χ3n) is 9.17. The minimum atomic E-state index is -0.315. The van der Waals surface area contributed by atoms with Crippen LogP contribution in [-0.4, -0.2) is 14.6 Å². The zero-order valence-electron chi connectivity index (χ0n) is 34.0. The number of phenolic OH excluding ortho intramolecular Hbond substituents is 2. The molecule has 0 aliphatic heterocycles. The molecule has 4 aromatic rings. The van der Waals surface area contributed by atoms with E-state index in [4.69, 9.17) is 3.50 Å². The predicted molar refractivity (Wildman–Crippen MR) is 216 cm³/mol. The van der Waals surface area contributed by atoms with Crippen LogP contribution in [0.5, 0.6) is 11.5 Å². The summed E-state index contributed by atoms with van der Waals surface area (Å²) in [6.45, 7) is 34.1. The van der Waals surface area contributed by atoms with Crippen molar-refractivity contribution in [3.8, 4) is 22.6 Å². The molecule has 0 aromatic heterocycles. The third-order valence-corrected chi connectivity index (χ3v) is 11.1. The second kappa shape index (κ2) is 18.4. The first-order chi connectivity index (χ1) is 23.1. The Labute approximate surface area is 313 Å². The molecule has 0 bridgehead atoms. The molecule has 4 heteroatoms. The van der Waals surface area contributed by atoms with E-state index in [0.717, 1.165) is 50.9 Å². The van der Waals surface area contributed by atoms with Crippen molar-refractivity contribution in [2.75, 3.05) is 0 Å². The van der Waals surface area contributed by atoms with Gasteiger partial charge < -0.3 is 10.2 Å². The fourth-order valence-corrected chi connectivity index (χ4v) is 7.20. The molecule has 4 aromatic carbocycles. The van der Waals surface area contributed by atoms with Crippen LogP contribution in [-0.2, 0) is 28.7 Å². The molecular weight excluding hydrogens is 694 g/mol. The van der Waals surface area contributed by atoms with E-state index in [1.807, 2.05) is 32.0 Å². The van der Waals surface area contributed by atoms with E-state index in [9.17, 15) is 10.2 Å². The maximum absolute atomic E-state index is 11.2. The molecule has 3 nitrogen and oxygen atoms in total. The van der Waals surface area contributed by atoms with Gasteiger partial charge in [-0.1, -0.05) is 89.6 Å². The molecule has 0 aliphatic carbocycles. The van der Waals surface area contributed by atoms with Crippen LogP contribution in [0.2, 0.25) is 0 Å². The van der Waals surface area contributed by atoms with Crippen molar-refractivity contribution < 1.29 is 28.1 Å². The Balaban J connectivity index is 0.000000307. The summed E-state index contributed by atoms with van der Waals surface area (Å²) in [5, 5.41) is 22.4. The first-order valence-corrected chi connectivity index (χ1v) is 20.2. The third kappa shape index (κ3) is 11.2. The quantitative estimate of drug-likeness (QED) is 0.199. The maximum Gasteiger partial charge on any atom is 0.127 e. The van der Waals surface area contributed by atoms with E-state index in [1.54, 1.807) is 0 Å². The van der Waals surface area contributed by atoms with Crippen molar-refractivity contribution in [2.45, 2.75) is 140 Å². The number of benzene rings is 4. The molecule has 272 valence electrons. The Hall–Kier alpha value is -3.16. The van der Waals surface area contributed by atoms with Gasteiger partial charge in [-0.3, -0.25) is 0 Å². The van der Waals surface area contributed by atoms with E-state index in [0.29, 0.717) is 11.8 Å². The normalized spacial score (nSPS) is 11.4. The van der Waals surface area contributed by atoms with Gasteiger partial charge in [0.25, 0.3) is 0 Å². The molecule has 50 heavy (non-hydrogen) atoms. The van der Waals surface area contributed by atoms with E-state index >= 15 is 0 Å². The molecule has 0 amide bonds. The zero-order chi connectivity index (χ0) is 38.1. The van der Waals surface area contributed by atoms with Gasteiger partial charge in [-0.15, -0.1) is 0 Å². The first kappa shape index (κ1) is 43.0. The summed E-state index contributed by atoms with van der Waals surface area (Å²) in [6, 6.07) is 21.0. The molecule has 0 aliphatic rings. The second-order valence-corrected chi connectivity index (χ2v) is 18.0. The van der Waals surface area contributed by atoms with Crippen LogP contribution in [0.25, 0.3) is 11.1 Å². The van der Waals surface area contributed by atoms with E-state index in [1.165, 1.54) is 22.4 Å². The summed E-state index contributed by atoms with van der Waals surface area (Å²) in [7, 11) is 0. The number of nitrogens with zero attached hydrogens (tertiary/aromatic N) is 1. The summed E-state index contributed by atoms with van der Waals surface area (Å²) in [5.41, 5.74) is 12.7. The molecule has 0 radical (unpaired) electrons. The van der Waals surface area contributed by atoms with Crippen LogP contribution in [0.15, 0.2) is 64.2 Å². The Bertz CT molecular complexity index is 1700. The molecule has 0 atom stereocenters.